The summed E-state index contributed by atoms with van der Waals surface area (Å²) in [6.07, 6.45) is 0.753. The molecule has 2 rings (SSSR count). The molecule has 0 saturated heterocycles. The van der Waals surface area contributed by atoms with E-state index in [1.807, 2.05) is 51.0 Å². The van der Waals surface area contributed by atoms with E-state index in [9.17, 15) is 9.59 Å². The molecule has 3 N–H and O–H groups in total. The SMILES string of the molecule is CCc1ccccc1C(=O)Nc1n[nH]c(C(=O)NC(C)CN(C)C)c1Br. The van der Waals surface area contributed by atoms with Gasteiger partial charge in [-0.05, 0) is 55.0 Å². The van der Waals surface area contributed by atoms with Crippen molar-refractivity contribution in [2.24, 2.45) is 0 Å². The zero-order chi connectivity index (χ0) is 19.3. The van der Waals surface area contributed by atoms with Gasteiger partial charge in [0.05, 0.1) is 4.47 Å². The van der Waals surface area contributed by atoms with Gasteiger partial charge in [0.1, 0.15) is 5.69 Å². The number of benzene rings is 1. The first-order valence-corrected chi connectivity index (χ1v) is 9.21. The zero-order valence-corrected chi connectivity index (χ0v) is 17.0. The van der Waals surface area contributed by atoms with Crippen LogP contribution in [0.4, 0.5) is 5.82 Å². The van der Waals surface area contributed by atoms with Crippen molar-refractivity contribution in [1.29, 1.82) is 0 Å². The second-order valence-corrected chi connectivity index (χ2v) is 7.16. The van der Waals surface area contributed by atoms with Gasteiger partial charge in [-0.2, -0.15) is 5.10 Å². The molecule has 0 fully saturated rings. The topological polar surface area (TPSA) is 90.1 Å². The van der Waals surface area contributed by atoms with E-state index in [2.05, 4.69) is 36.8 Å². The molecular weight excluding hydrogens is 398 g/mol. The maximum absolute atomic E-state index is 12.5. The first kappa shape index (κ1) is 20.1. The summed E-state index contributed by atoms with van der Waals surface area (Å²) in [5, 5.41) is 12.4. The Bertz CT molecular complexity index is 788. The van der Waals surface area contributed by atoms with E-state index >= 15 is 0 Å². The van der Waals surface area contributed by atoms with Crippen LogP contribution >= 0.6 is 15.9 Å². The predicted molar refractivity (Wildman–Crippen MR) is 106 cm³/mol. The fourth-order valence-corrected chi connectivity index (χ4v) is 3.13. The van der Waals surface area contributed by atoms with E-state index in [0.717, 1.165) is 18.5 Å². The number of hydrogen-bond donors (Lipinski definition) is 3. The normalized spacial score (nSPS) is 12.1. The zero-order valence-electron chi connectivity index (χ0n) is 15.4. The van der Waals surface area contributed by atoms with Crippen LogP contribution < -0.4 is 10.6 Å². The van der Waals surface area contributed by atoms with E-state index in [4.69, 9.17) is 0 Å². The van der Waals surface area contributed by atoms with Crippen LogP contribution in [0.3, 0.4) is 0 Å². The summed E-state index contributed by atoms with van der Waals surface area (Å²) < 4.78 is 0.425. The number of rotatable bonds is 7. The minimum absolute atomic E-state index is 0.0258. The minimum atomic E-state index is -0.284. The fourth-order valence-electron chi connectivity index (χ4n) is 2.68. The number of halogens is 1. The lowest BCUT2D eigenvalue weighted by Crippen LogP contribution is -2.39. The van der Waals surface area contributed by atoms with Crippen molar-refractivity contribution in [1.82, 2.24) is 20.4 Å². The number of aromatic amines is 1. The number of aromatic nitrogens is 2. The van der Waals surface area contributed by atoms with Gasteiger partial charge in [0, 0.05) is 18.2 Å². The van der Waals surface area contributed by atoms with Crippen molar-refractivity contribution in [3.8, 4) is 0 Å². The number of nitrogens with zero attached hydrogens (tertiary/aromatic N) is 2. The molecule has 140 valence electrons. The van der Waals surface area contributed by atoms with E-state index in [0.29, 0.717) is 10.0 Å². The molecule has 26 heavy (non-hydrogen) atoms. The van der Waals surface area contributed by atoms with E-state index in [1.54, 1.807) is 6.07 Å². The highest BCUT2D eigenvalue weighted by Gasteiger charge is 2.21. The Morgan fingerprint density at radius 2 is 1.96 bits per heavy atom. The second-order valence-electron chi connectivity index (χ2n) is 6.36. The third-order valence-corrected chi connectivity index (χ3v) is 4.60. The van der Waals surface area contributed by atoms with Crippen molar-refractivity contribution >= 4 is 33.6 Å². The van der Waals surface area contributed by atoms with E-state index < -0.39 is 0 Å². The summed E-state index contributed by atoms with van der Waals surface area (Å²) in [5.74, 6) is -0.262. The summed E-state index contributed by atoms with van der Waals surface area (Å²) in [5.41, 5.74) is 1.82. The van der Waals surface area contributed by atoms with E-state index in [1.165, 1.54) is 0 Å². The molecule has 7 nitrogen and oxygen atoms in total. The number of nitrogens with one attached hydrogen (secondary N) is 3. The van der Waals surface area contributed by atoms with Crippen LogP contribution in [0.25, 0.3) is 0 Å². The van der Waals surface area contributed by atoms with Crippen LogP contribution in [0.1, 0.15) is 40.3 Å². The largest absolute Gasteiger partial charge is 0.347 e. The number of amides is 2. The molecule has 0 aliphatic carbocycles. The highest BCUT2D eigenvalue weighted by atomic mass is 79.9. The highest BCUT2D eigenvalue weighted by Crippen LogP contribution is 2.24. The Balaban J connectivity index is 2.11. The van der Waals surface area contributed by atoms with Crippen LogP contribution in [-0.2, 0) is 6.42 Å². The van der Waals surface area contributed by atoms with E-state index in [-0.39, 0.29) is 29.4 Å². The molecule has 0 radical (unpaired) electrons. The first-order valence-electron chi connectivity index (χ1n) is 8.42. The van der Waals surface area contributed by atoms with Crippen LogP contribution in [0, 0.1) is 0 Å². The number of H-pyrrole nitrogens is 1. The average Bonchev–Trinajstić information content (AvgIpc) is 2.94. The van der Waals surface area contributed by atoms with Gasteiger partial charge in [0.25, 0.3) is 11.8 Å². The lowest BCUT2D eigenvalue weighted by Gasteiger charge is -2.17. The summed E-state index contributed by atoms with van der Waals surface area (Å²) in [6.45, 7) is 4.63. The lowest BCUT2D eigenvalue weighted by molar-refractivity contribution is 0.0927. The smallest absolute Gasteiger partial charge is 0.270 e. The molecule has 2 aromatic rings. The molecule has 8 heteroatoms. The fraction of sp³-hybridized carbons (Fsp3) is 0.389. The molecule has 0 spiro atoms. The highest BCUT2D eigenvalue weighted by molar-refractivity contribution is 9.10. The maximum Gasteiger partial charge on any atom is 0.270 e. The number of carbonyl (C=O) groups is 2. The molecule has 2 amide bonds. The maximum atomic E-state index is 12.5. The quantitative estimate of drug-likeness (QED) is 0.640. The number of carbonyl (C=O) groups excluding carboxylic acids is 2. The van der Waals surface area contributed by atoms with Gasteiger partial charge in [-0.25, -0.2) is 0 Å². The molecular formula is C18H24BrN5O2. The summed E-state index contributed by atoms with van der Waals surface area (Å²) in [7, 11) is 3.88. The minimum Gasteiger partial charge on any atom is -0.347 e. The molecule has 1 aromatic heterocycles. The molecule has 0 saturated carbocycles. The monoisotopic (exact) mass is 421 g/mol. The molecule has 1 heterocycles. The number of aryl methyl sites for hydroxylation is 1. The van der Waals surface area contributed by atoms with Crippen molar-refractivity contribution in [3.63, 3.8) is 0 Å². The van der Waals surface area contributed by atoms with Crippen LogP contribution in [0.15, 0.2) is 28.7 Å². The molecule has 0 aliphatic rings. The van der Waals surface area contributed by atoms with Crippen molar-refractivity contribution in [2.45, 2.75) is 26.3 Å². The standard InChI is InChI=1S/C18H24BrN5O2/c1-5-12-8-6-7-9-13(12)17(25)21-16-14(19)15(22-23-16)18(26)20-11(2)10-24(3)4/h6-9,11H,5,10H2,1-4H3,(H,20,26)(H2,21,22,23,25). The van der Waals surface area contributed by atoms with Gasteiger partial charge in [0.15, 0.2) is 5.82 Å². The third-order valence-electron chi connectivity index (χ3n) is 3.83. The Kier molecular flexibility index (Phi) is 6.93. The van der Waals surface area contributed by atoms with Crippen molar-refractivity contribution < 1.29 is 9.59 Å². The Labute approximate surface area is 161 Å². The van der Waals surface area contributed by atoms with Crippen LogP contribution in [0.2, 0.25) is 0 Å². The van der Waals surface area contributed by atoms with Gasteiger partial charge in [-0.1, -0.05) is 25.1 Å². The predicted octanol–water partition coefficient (Wildman–Crippen LogP) is 2.67. The van der Waals surface area contributed by atoms with Crippen molar-refractivity contribution in [2.75, 3.05) is 26.0 Å². The third kappa shape index (κ3) is 4.92. The van der Waals surface area contributed by atoms with Gasteiger partial charge >= 0.3 is 0 Å². The number of anilines is 1. The summed E-state index contributed by atoms with van der Waals surface area (Å²) in [6, 6.07) is 7.38. The molecule has 1 aromatic carbocycles. The Hall–Kier alpha value is -2.19. The number of hydrogen-bond acceptors (Lipinski definition) is 4. The second kappa shape index (κ2) is 8.95. The van der Waals surface area contributed by atoms with Gasteiger partial charge in [0.2, 0.25) is 0 Å². The molecule has 1 atom stereocenters. The summed E-state index contributed by atoms with van der Waals surface area (Å²) >= 11 is 3.35. The molecule has 0 aliphatic heterocycles. The first-order chi connectivity index (χ1) is 12.3. The summed E-state index contributed by atoms with van der Waals surface area (Å²) in [4.78, 5) is 26.9. The van der Waals surface area contributed by atoms with Gasteiger partial charge in [-0.15, -0.1) is 0 Å². The molecule has 0 bridgehead atoms. The Morgan fingerprint density at radius 1 is 1.27 bits per heavy atom. The molecule has 1 unspecified atom stereocenters. The Morgan fingerprint density at radius 3 is 2.62 bits per heavy atom. The number of likely N-dealkylation sites (N-methyl/N-ethyl adjacent to an activating group) is 1. The average molecular weight is 422 g/mol. The van der Waals surface area contributed by atoms with Crippen LogP contribution in [0.5, 0.6) is 0 Å². The van der Waals surface area contributed by atoms with Gasteiger partial charge in [-0.3, -0.25) is 14.7 Å². The van der Waals surface area contributed by atoms with Crippen LogP contribution in [-0.4, -0.2) is 53.6 Å². The van der Waals surface area contributed by atoms with Crippen molar-refractivity contribution in [3.05, 3.63) is 45.6 Å². The lowest BCUT2D eigenvalue weighted by atomic mass is 10.0. The van der Waals surface area contributed by atoms with Gasteiger partial charge < -0.3 is 15.5 Å².